The SMILES string of the molecule is COc1ccc(C(=O)N(N)C(C)=O)cc1. The van der Waals surface area contributed by atoms with Crippen molar-refractivity contribution in [2.75, 3.05) is 7.11 Å². The lowest BCUT2D eigenvalue weighted by Gasteiger charge is -2.12. The minimum Gasteiger partial charge on any atom is -0.497 e. The summed E-state index contributed by atoms with van der Waals surface area (Å²) in [4.78, 5) is 22.4. The molecule has 2 N–H and O–H groups in total. The molecule has 1 rings (SSSR count). The summed E-state index contributed by atoms with van der Waals surface area (Å²) in [5, 5.41) is 0.571. The maximum absolute atomic E-state index is 11.5. The Morgan fingerprint density at radius 2 is 1.80 bits per heavy atom. The third-order valence-electron chi connectivity index (χ3n) is 1.90. The third kappa shape index (κ3) is 2.54. The topological polar surface area (TPSA) is 72.6 Å². The van der Waals surface area contributed by atoms with Crippen molar-refractivity contribution in [3.05, 3.63) is 29.8 Å². The fourth-order valence-corrected chi connectivity index (χ4v) is 1.02. The monoisotopic (exact) mass is 208 g/mol. The van der Waals surface area contributed by atoms with Crippen LogP contribution in [0.5, 0.6) is 5.75 Å². The van der Waals surface area contributed by atoms with E-state index in [9.17, 15) is 9.59 Å². The lowest BCUT2D eigenvalue weighted by molar-refractivity contribution is -0.126. The number of carbonyl (C=O) groups is 2. The number of carbonyl (C=O) groups excluding carboxylic acids is 2. The van der Waals surface area contributed by atoms with Crippen molar-refractivity contribution in [2.45, 2.75) is 6.92 Å². The molecule has 0 aliphatic carbocycles. The number of imide groups is 1. The Morgan fingerprint density at radius 3 is 2.20 bits per heavy atom. The fourth-order valence-electron chi connectivity index (χ4n) is 1.02. The zero-order valence-electron chi connectivity index (χ0n) is 8.56. The van der Waals surface area contributed by atoms with Crippen molar-refractivity contribution in [1.82, 2.24) is 5.01 Å². The Balaban J connectivity index is 2.87. The molecule has 5 nitrogen and oxygen atoms in total. The highest BCUT2D eigenvalue weighted by Gasteiger charge is 2.15. The molecular formula is C10H12N2O3. The Bertz CT molecular complexity index is 373. The van der Waals surface area contributed by atoms with Gasteiger partial charge in [0, 0.05) is 12.5 Å². The van der Waals surface area contributed by atoms with Crippen LogP contribution in [-0.2, 0) is 4.79 Å². The Hall–Kier alpha value is -1.88. The number of hydrogen-bond donors (Lipinski definition) is 1. The molecule has 0 bridgehead atoms. The zero-order chi connectivity index (χ0) is 11.4. The second-order valence-corrected chi connectivity index (χ2v) is 2.92. The highest BCUT2D eigenvalue weighted by Crippen LogP contribution is 2.12. The van der Waals surface area contributed by atoms with Crippen LogP contribution in [0, 0.1) is 0 Å². The molecule has 0 saturated heterocycles. The zero-order valence-corrected chi connectivity index (χ0v) is 8.56. The van der Waals surface area contributed by atoms with E-state index in [1.54, 1.807) is 24.3 Å². The standard InChI is InChI=1S/C10H12N2O3/c1-7(13)12(11)10(14)8-3-5-9(15-2)6-4-8/h3-6H,11H2,1-2H3. The van der Waals surface area contributed by atoms with Gasteiger partial charge in [-0.2, -0.15) is 0 Å². The Kier molecular flexibility index (Phi) is 3.41. The smallest absolute Gasteiger partial charge is 0.274 e. The number of ether oxygens (including phenoxy) is 1. The van der Waals surface area contributed by atoms with E-state index >= 15 is 0 Å². The molecular weight excluding hydrogens is 196 g/mol. The first-order valence-electron chi connectivity index (χ1n) is 4.30. The van der Waals surface area contributed by atoms with Crippen LogP contribution in [0.25, 0.3) is 0 Å². The molecule has 80 valence electrons. The maximum Gasteiger partial charge on any atom is 0.274 e. The van der Waals surface area contributed by atoms with Crippen molar-refractivity contribution in [3.63, 3.8) is 0 Å². The molecule has 0 atom stereocenters. The quantitative estimate of drug-likeness (QED) is 0.438. The number of hydrazine groups is 1. The molecule has 0 heterocycles. The summed E-state index contributed by atoms with van der Waals surface area (Å²) >= 11 is 0. The first-order valence-corrected chi connectivity index (χ1v) is 4.30. The van der Waals surface area contributed by atoms with E-state index in [2.05, 4.69) is 0 Å². The van der Waals surface area contributed by atoms with E-state index < -0.39 is 11.8 Å². The molecule has 1 aromatic rings. The van der Waals surface area contributed by atoms with Gasteiger partial charge in [0.15, 0.2) is 0 Å². The number of nitrogens with two attached hydrogens (primary N) is 1. The van der Waals surface area contributed by atoms with Crippen molar-refractivity contribution in [3.8, 4) is 5.75 Å². The van der Waals surface area contributed by atoms with Crippen LogP contribution in [0.2, 0.25) is 0 Å². The molecule has 0 spiro atoms. The van der Waals surface area contributed by atoms with Crippen LogP contribution in [0.4, 0.5) is 0 Å². The lowest BCUT2D eigenvalue weighted by Crippen LogP contribution is -2.41. The van der Waals surface area contributed by atoms with Gasteiger partial charge in [-0.25, -0.2) is 10.9 Å². The minimum atomic E-state index is -0.537. The average molecular weight is 208 g/mol. The van der Waals surface area contributed by atoms with Crippen LogP contribution in [0.1, 0.15) is 17.3 Å². The summed E-state index contributed by atoms with van der Waals surface area (Å²) in [6.45, 7) is 1.22. The van der Waals surface area contributed by atoms with Gasteiger partial charge in [0.2, 0.25) is 5.91 Å². The van der Waals surface area contributed by atoms with Crippen LogP contribution in [-0.4, -0.2) is 23.9 Å². The Morgan fingerprint density at radius 1 is 1.27 bits per heavy atom. The molecule has 0 aliphatic rings. The van der Waals surface area contributed by atoms with Crippen molar-refractivity contribution in [1.29, 1.82) is 0 Å². The van der Waals surface area contributed by atoms with Crippen molar-refractivity contribution < 1.29 is 14.3 Å². The van der Waals surface area contributed by atoms with Gasteiger partial charge in [-0.05, 0) is 24.3 Å². The third-order valence-corrected chi connectivity index (χ3v) is 1.90. The molecule has 0 aliphatic heterocycles. The minimum absolute atomic E-state index is 0.341. The van der Waals surface area contributed by atoms with Crippen molar-refractivity contribution >= 4 is 11.8 Å². The van der Waals surface area contributed by atoms with Gasteiger partial charge in [-0.3, -0.25) is 9.59 Å². The van der Waals surface area contributed by atoms with E-state index in [4.69, 9.17) is 10.6 Å². The molecule has 2 amide bonds. The molecule has 1 aromatic carbocycles. The molecule has 0 unspecified atom stereocenters. The van der Waals surface area contributed by atoms with Gasteiger partial charge >= 0.3 is 0 Å². The van der Waals surface area contributed by atoms with Crippen molar-refractivity contribution in [2.24, 2.45) is 5.84 Å². The van der Waals surface area contributed by atoms with E-state index in [-0.39, 0.29) is 0 Å². The lowest BCUT2D eigenvalue weighted by atomic mass is 10.2. The van der Waals surface area contributed by atoms with Gasteiger partial charge in [0.05, 0.1) is 7.11 Å². The largest absolute Gasteiger partial charge is 0.497 e. The highest BCUT2D eigenvalue weighted by molar-refractivity contribution is 6.03. The molecule has 0 fully saturated rings. The van der Waals surface area contributed by atoms with Crippen LogP contribution in [0.15, 0.2) is 24.3 Å². The van der Waals surface area contributed by atoms with Crippen LogP contribution in [0.3, 0.4) is 0 Å². The average Bonchev–Trinajstić information content (AvgIpc) is 2.27. The predicted octanol–water partition coefficient (Wildman–Crippen LogP) is 0.558. The summed E-state index contributed by atoms with van der Waals surface area (Å²) in [5.41, 5.74) is 0.341. The van der Waals surface area contributed by atoms with Gasteiger partial charge in [0.1, 0.15) is 5.75 Å². The maximum atomic E-state index is 11.5. The van der Waals surface area contributed by atoms with E-state index in [1.807, 2.05) is 0 Å². The Labute approximate surface area is 87.4 Å². The van der Waals surface area contributed by atoms with Gasteiger partial charge < -0.3 is 4.74 Å². The number of amides is 2. The summed E-state index contributed by atoms with van der Waals surface area (Å²) in [5.74, 6) is 4.86. The van der Waals surface area contributed by atoms with Crippen LogP contribution >= 0.6 is 0 Å². The highest BCUT2D eigenvalue weighted by atomic mass is 16.5. The van der Waals surface area contributed by atoms with Gasteiger partial charge in [-0.1, -0.05) is 0 Å². The molecule has 0 radical (unpaired) electrons. The summed E-state index contributed by atoms with van der Waals surface area (Å²) < 4.78 is 4.93. The number of methoxy groups -OCH3 is 1. The predicted molar refractivity (Wildman–Crippen MR) is 54.0 cm³/mol. The second kappa shape index (κ2) is 4.56. The summed E-state index contributed by atoms with van der Waals surface area (Å²) in [6.07, 6.45) is 0. The number of rotatable bonds is 2. The molecule has 0 aromatic heterocycles. The molecule has 15 heavy (non-hydrogen) atoms. The molecule has 0 saturated carbocycles. The molecule has 5 heteroatoms. The fraction of sp³-hybridized carbons (Fsp3) is 0.200. The first kappa shape index (κ1) is 11.2. The second-order valence-electron chi connectivity index (χ2n) is 2.92. The number of hydrogen-bond acceptors (Lipinski definition) is 4. The summed E-state index contributed by atoms with van der Waals surface area (Å²) in [6, 6.07) is 6.34. The van der Waals surface area contributed by atoms with Gasteiger partial charge in [0.25, 0.3) is 5.91 Å². The number of benzene rings is 1. The van der Waals surface area contributed by atoms with Crippen LogP contribution < -0.4 is 10.6 Å². The number of nitrogens with zero attached hydrogens (tertiary/aromatic N) is 1. The summed E-state index contributed by atoms with van der Waals surface area (Å²) in [7, 11) is 1.53. The van der Waals surface area contributed by atoms with E-state index in [0.717, 1.165) is 0 Å². The normalized spacial score (nSPS) is 9.53. The van der Waals surface area contributed by atoms with Gasteiger partial charge in [-0.15, -0.1) is 0 Å². The first-order chi connectivity index (χ1) is 7.06. The van der Waals surface area contributed by atoms with E-state index in [1.165, 1.54) is 14.0 Å². The van der Waals surface area contributed by atoms with E-state index in [0.29, 0.717) is 16.3 Å².